The summed E-state index contributed by atoms with van der Waals surface area (Å²) < 4.78 is 0. The fourth-order valence-corrected chi connectivity index (χ4v) is 3.08. The molecule has 1 aromatic heterocycles. The average molecular weight is 357 g/mol. The Kier molecular flexibility index (Phi) is 5.56. The number of nitrogens with zero attached hydrogens (tertiary/aromatic N) is 3. The maximum Gasteiger partial charge on any atom is 0.270 e. The van der Waals surface area contributed by atoms with E-state index in [1.165, 1.54) is 0 Å². The Morgan fingerprint density at radius 1 is 1.16 bits per heavy atom. The first kappa shape index (κ1) is 17.3. The second-order valence-corrected chi connectivity index (χ2v) is 6.29. The van der Waals surface area contributed by atoms with E-state index >= 15 is 0 Å². The van der Waals surface area contributed by atoms with Gasteiger partial charge in [0.2, 0.25) is 0 Å². The zero-order valence-electron chi connectivity index (χ0n) is 14.0. The zero-order chi connectivity index (χ0) is 17.6. The maximum atomic E-state index is 12.0. The number of piperazine rings is 1. The van der Waals surface area contributed by atoms with Crippen LogP contribution in [0.5, 0.6) is 0 Å². The van der Waals surface area contributed by atoms with Crippen molar-refractivity contribution < 1.29 is 4.79 Å². The molecular weight excluding hydrogens is 336 g/mol. The van der Waals surface area contributed by atoms with Crippen molar-refractivity contribution in [2.45, 2.75) is 0 Å². The van der Waals surface area contributed by atoms with Crippen LogP contribution in [-0.4, -0.2) is 43.6 Å². The van der Waals surface area contributed by atoms with Gasteiger partial charge in [-0.25, -0.2) is 0 Å². The summed E-state index contributed by atoms with van der Waals surface area (Å²) in [5.74, 6) is -0.181. The molecule has 1 fully saturated rings. The number of benzene rings is 1. The summed E-state index contributed by atoms with van der Waals surface area (Å²) in [5, 5.41) is 3.51. The standard InChI is InChI=1S/C19H21ClN4O/c1-2-7-22-19(25)18-14-17(6-8-21-18)24-11-9-23(10-12-24)16-5-3-4-15(20)13-16/h2-6,8,13-14H,1,7,9-12H2,(H,22,25). The third-order valence-electron chi connectivity index (χ3n) is 4.20. The molecule has 25 heavy (non-hydrogen) atoms. The largest absolute Gasteiger partial charge is 0.368 e. The lowest BCUT2D eigenvalue weighted by atomic mass is 10.2. The highest BCUT2D eigenvalue weighted by molar-refractivity contribution is 6.30. The number of nitrogens with one attached hydrogen (secondary N) is 1. The smallest absolute Gasteiger partial charge is 0.270 e. The lowest BCUT2D eigenvalue weighted by Crippen LogP contribution is -2.46. The minimum atomic E-state index is -0.181. The minimum Gasteiger partial charge on any atom is -0.368 e. The van der Waals surface area contributed by atoms with Gasteiger partial charge in [-0.05, 0) is 30.3 Å². The topological polar surface area (TPSA) is 48.5 Å². The van der Waals surface area contributed by atoms with Crippen molar-refractivity contribution in [3.8, 4) is 0 Å². The van der Waals surface area contributed by atoms with Crippen LogP contribution in [-0.2, 0) is 0 Å². The second kappa shape index (κ2) is 8.03. The number of aromatic nitrogens is 1. The lowest BCUT2D eigenvalue weighted by molar-refractivity contribution is 0.0953. The van der Waals surface area contributed by atoms with Crippen molar-refractivity contribution >= 4 is 28.9 Å². The van der Waals surface area contributed by atoms with Crippen molar-refractivity contribution in [1.29, 1.82) is 0 Å². The zero-order valence-corrected chi connectivity index (χ0v) is 14.7. The molecule has 0 spiro atoms. The predicted molar refractivity (Wildman–Crippen MR) is 103 cm³/mol. The van der Waals surface area contributed by atoms with Crippen molar-refractivity contribution in [2.75, 3.05) is 42.5 Å². The Morgan fingerprint density at radius 3 is 2.48 bits per heavy atom. The summed E-state index contributed by atoms with van der Waals surface area (Å²) in [6, 6.07) is 11.7. The molecule has 0 aliphatic carbocycles. The Balaban J connectivity index is 1.65. The van der Waals surface area contributed by atoms with Gasteiger partial charge in [0.05, 0.1) is 0 Å². The van der Waals surface area contributed by atoms with Gasteiger partial charge in [0.25, 0.3) is 5.91 Å². The van der Waals surface area contributed by atoms with Crippen LogP contribution in [0.1, 0.15) is 10.5 Å². The number of pyridine rings is 1. The molecule has 0 saturated carbocycles. The molecule has 1 saturated heterocycles. The first-order valence-corrected chi connectivity index (χ1v) is 8.66. The first-order valence-electron chi connectivity index (χ1n) is 8.28. The maximum absolute atomic E-state index is 12.0. The fourth-order valence-electron chi connectivity index (χ4n) is 2.89. The molecule has 0 unspecified atom stereocenters. The summed E-state index contributed by atoms with van der Waals surface area (Å²) in [7, 11) is 0. The summed E-state index contributed by atoms with van der Waals surface area (Å²) in [6.45, 7) is 7.60. The Morgan fingerprint density at radius 2 is 1.84 bits per heavy atom. The highest BCUT2D eigenvalue weighted by Crippen LogP contribution is 2.23. The first-order chi connectivity index (χ1) is 12.2. The molecule has 2 aromatic rings. The van der Waals surface area contributed by atoms with Crippen LogP contribution in [0.25, 0.3) is 0 Å². The van der Waals surface area contributed by atoms with Gasteiger partial charge in [-0.15, -0.1) is 6.58 Å². The Labute approximate surface area is 152 Å². The number of hydrogen-bond donors (Lipinski definition) is 1. The van der Waals surface area contributed by atoms with Gasteiger partial charge in [-0.3, -0.25) is 9.78 Å². The van der Waals surface area contributed by atoms with Gasteiger partial charge in [-0.1, -0.05) is 23.7 Å². The molecule has 1 N–H and O–H groups in total. The highest BCUT2D eigenvalue weighted by Gasteiger charge is 2.19. The van der Waals surface area contributed by atoms with Crippen molar-refractivity contribution in [3.63, 3.8) is 0 Å². The van der Waals surface area contributed by atoms with Gasteiger partial charge >= 0.3 is 0 Å². The summed E-state index contributed by atoms with van der Waals surface area (Å²) in [6.07, 6.45) is 3.33. The number of anilines is 2. The molecule has 2 heterocycles. The molecule has 6 heteroatoms. The number of amides is 1. The molecule has 0 atom stereocenters. The minimum absolute atomic E-state index is 0.181. The summed E-state index contributed by atoms with van der Waals surface area (Å²) >= 11 is 6.08. The highest BCUT2D eigenvalue weighted by atomic mass is 35.5. The van der Waals surface area contributed by atoms with E-state index in [-0.39, 0.29) is 5.91 Å². The van der Waals surface area contributed by atoms with Gasteiger partial charge in [0.1, 0.15) is 5.69 Å². The third kappa shape index (κ3) is 4.31. The molecule has 1 amide bonds. The number of carbonyl (C=O) groups excluding carboxylic acids is 1. The number of halogens is 1. The number of carbonyl (C=O) groups is 1. The molecule has 1 aliphatic rings. The van der Waals surface area contributed by atoms with E-state index in [4.69, 9.17) is 11.6 Å². The van der Waals surface area contributed by atoms with Crippen LogP contribution in [0.4, 0.5) is 11.4 Å². The van der Waals surface area contributed by atoms with Crippen molar-refractivity contribution in [3.05, 3.63) is 66.0 Å². The SMILES string of the molecule is C=CCNC(=O)c1cc(N2CCN(c3cccc(Cl)c3)CC2)ccn1. The predicted octanol–water partition coefficient (Wildman–Crippen LogP) is 2.98. The van der Waals surface area contributed by atoms with Crippen molar-refractivity contribution in [2.24, 2.45) is 0 Å². The fraction of sp³-hybridized carbons (Fsp3) is 0.263. The van der Waals surface area contributed by atoms with E-state index < -0.39 is 0 Å². The quantitative estimate of drug-likeness (QED) is 0.837. The van der Waals surface area contributed by atoms with Crippen molar-refractivity contribution in [1.82, 2.24) is 10.3 Å². The monoisotopic (exact) mass is 356 g/mol. The van der Waals surface area contributed by atoms with Crippen LogP contribution in [0.3, 0.4) is 0 Å². The van der Waals surface area contributed by atoms with E-state index in [0.29, 0.717) is 12.2 Å². The molecule has 1 aromatic carbocycles. The molecular formula is C19H21ClN4O. The van der Waals surface area contributed by atoms with Gasteiger partial charge < -0.3 is 15.1 Å². The van der Waals surface area contributed by atoms with Gasteiger partial charge in [0, 0.05) is 55.3 Å². The lowest BCUT2D eigenvalue weighted by Gasteiger charge is -2.37. The number of hydrogen-bond acceptors (Lipinski definition) is 4. The molecule has 0 radical (unpaired) electrons. The van der Waals surface area contributed by atoms with E-state index in [2.05, 4.69) is 32.7 Å². The molecule has 5 nitrogen and oxygen atoms in total. The van der Waals surface area contributed by atoms with Crippen LogP contribution in [0.2, 0.25) is 5.02 Å². The van der Waals surface area contributed by atoms with Crippen LogP contribution >= 0.6 is 11.6 Å². The average Bonchev–Trinajstić information content (AvgIpc) is 2.66. The summed E-state index contributed by atoms with van der Waals surface area (Å²) in [5.41, 5.74) is 2.59. The third-order valence-corrected chi connectivity index (χ3v) is 4.44. The Hall–Kier alpha value is -2.53. The van der Waals surface area contributed by atoms with E-state index in [1.807, 2.05) is 30.3 Å². The van der Waals surface area contributed by atoms with Crippen LogP contribution < -0.4 is 15.1 Å². The molecule has 3 rings (SSSR count). The number of rotatable bonds is 5. The van der Waals surface area contributed by atoms with Gasteiger partial charge in [0.15, 0.2) is 0 Å². The second-order valence-electron chi connectivity index (χ2n) is 5.85. The van der Waals surface area contributed by atoms with E-state index in [0.717, 1.165) is 42.6 Å². The van der Waals surface area contributed by atoms with E-state index in [1.54, 1.807) is 12.3 Å². The molecule has 130 valence electrons. The summed E-state index contributed by atoms with van der Waals surface area (Å²) in [4.78, 5) is 20.8. The molecule has 0 bridgehead atoms. The van der Waals surface area contributed by atoms with Crippen LogP contribution in [0, 0.1) is 0 Å². The Bertz CT molecular complexity index is 757. The molecule has 1 aliphatic heterocycles. The normalized spacial score (nSPS) is 14.3. The van der Waals surface area contributed by atoms with E-state index in [9.17, 15) is 4.79 Å². The van der Waals surface area contributed by atoms with Gasteiger partial charge in [-0.2, -0.15) is 0 Å². The van der Waals surface area contributed by atoms with Crippen LogP contribution in [0.15, 0.2) is 55.3 Å².